The van der Waals surface area contributed by atoms with Crippen molar-refractivity contribution >= 4 is 35.4 Å². The Kier molecular flexibility index (Phi) is 9.06. The Labute approximate surface area is 168 Å². The highest BCUT2D eigenvalue weighted by molar-refractivity contribution is 7.99. The number of carbonyl (C=O) groups is 3. The van der Waals surface area contributed by atoms with Gasteiger partial charge in [-0.15, -0.1) is 11.8 Å². The smallest absolute Gasteiger partial charge is 0.319 e. The number of ether oxygens (including phenoxy) is 1. The van der Waals surface area contributed by atoms with Crippen molar-refractivity contribution in [2.75, 3.05) is 43.6 Å². The van der Waals surface area contributed by atoms with Crippen LogP contribution >= 0.6 is 11.8 Å². The van der Waals surface area contributed by atoms with Crippen LogP contribution in [0.1, 0.15) is 19.3 Å². The molecule has 0 aromatic heterocycles. The lowest BCUT2D eigenvalue weighted by Gasteiger charge is -2.33. The Hall–Kier alpha value is -2.29. The van der Waals surface area contributed by atoms with Crippen molar-refractivity contribution < 1.29 is 23.5 Å². The molecule has 2 rings (SSSR count). The third kappa shape index (κ3) is 7.75. The van der Waals surface area contributed by atoms with Crippen LogP contribution in [0.15, 0.2) is 24.3 Å². The Morgan fingerprint density at radius 2 is 2.18 bits per heavy atom. The van der Waals surface area contributed by atoms with Crippen LogP contribution in [0, 0.1) is 11.7 Å². The van der Waals surface area contributed by atoms with Crippen LogP contribution in [0.4, 0.5) is 14.9 Å². The summed E-state index contributed by atoms with van der Waals surface area (Å²) in [5.41, 5.74) is 0.391. The lowest BCUT2D eigenvalue weighted by atomic mass is 9.98. The fourth-order valence-corrected chi connectivity index (χ4v) is 3.72. The van der Waals surface area contributed by atoms with Crippen molar-refractivity contribution in [3.63, 3.8) is 0 Å². The van der Waals surface area contributed by atoms with E-state index in [1.165, 1.54) is 37.1 Å². The molecule has 28 heavy (non-hydrogen) atoms. The second-order valence-corrected chi connectivity index (χ2v) is 7.68. The van der Waals surface area contributed by atoms with Gasteiger partial charge >= 0.3 is 12.0 Å². The van der Waals surface area contributed by atoms with Gasteiger partial charge in [-0.05, 0) is 37.0 Å². The molecule has 1 atom stereocenters. The average molecular weight is 411 g/mol. The van der Waals surface area contributed by atoms with Crippen LogP contribution in [0.25, 0.3) is 0 Å². The molecule has 0 aliphatic carbocycles. The minimum atomic E-state index is -0.413. The molecule has 7 nitrogen and oxygen atoms in total. The number of rotatable bonds is 8. The Morgan fingerprint density at radius 1 is 1.36 bits per heavy atom. The molecule has 0 spiro atoms. The van der Waals surface area contributed by atoms with Gasteiger partial charge in [0, 0.05) is 37.5 Å². The van der Waals surface area contributed by atoms with Gasteiger partial charge in [-0.3, -0.25) is 9.59 Å². The van der Waals surface area contributed by atoms with Gasteiger partial charge in [-0.2, -0.15) is 0 Å². The molecule has 2 N–H and O–H groups in total. The fraction of sp³-hybridized carbons (Fsp3) is 0.526. The summed E-state index contributed by atoms with van der Waals surface area (Å²) >= 11 is 1.38. The number of halogens is 1. The van der Waals surface area contributed by atoms with Crippen molar-refractivity contribution in [3.05, 3.63) is 30.1 Å². The largest absolute Gasteiger partial charge is 0.468 e. The summed E-state index contributed by atoms with van der Waals surface area (Å²) in [5, 5.41) is 5.38. The molecule has 154 valence electrons. The van der Waals surface area contributed by atoms with Crippen LogP contribution in [-0.4, -0.2) is 61.1 Å². The fourth-order valence-electron chi connectivity index (χ4n) is 2.97. The highest BCUT2D eigenvalue weighted by Crippen LogP contribution is 2.17. The lowest BCUT2D eigenvalue weighted by molar-refractivity contribution is -0.137. The zero-order valence-electron chi connectivity index (χ0n) is 15.9. The van der Waals surface area contributed by atoms with E-state index in [4.69, 9.17) is 0 Å². The summed E-state index contributed by atoms with van der Waals surface area (Å²) in [6.07, 6.45) is 2.20. The standard InChI is InChI=1S/C19H26FN3O4S/c1-27-18(25)13-28-9-7-17(24)23-8-3-4-14(12-23)11-21-19(26)22-16-6-2-5-15(20)10-16/h2,5-6,10,14H,3-4,7-9,11-13H2,1H3,(H2,21,22,26). The number of nitrogens with one attached hydrogen (secondary N) is 2. The van der Waals surface area contributed by atoms with Gasteiger partial charge in [-0.1, -0.05) is 6.07 Å². The van der Waals surface area contributed by atoms with E-state index in [-0.39, 0.29) is 23.5 Å². The molecule has 3 amide bonds. The number of piperidine rings is 1. The van der Waals surface area contributed by atoms with E-state index < -0.39 is 11.8 Å². The zero-order chi connectivity index (χ0) is 20.4. The van der Waals surface area contributed by atoms with Crippen LogP contribution < -0.4 is 10.6 Å². The molecule has 1 fully saturated rings. The van der Waals surface area contributed by atoms with Crippen molar-refractivity contribution in [2.45, 2.75) is 19.3 Å². The number of methoxy groups -OCH3 is 1. The number of carbonyl (C=O) groups excluding carboxylic acids is 3. The van der Waals surface area contributed by atoms with E-state index in [0.717, 1.165) is 12.8 Å². The second kappa shape index (κ2) is 11.5. The summed E-state index contributed by atoms with van der Waals surface area (Å²) < 4.78 is 17.7. The number of likely N-dealkylation sites (tertiary alicyclic amines) is 1. The molecule has 1 unspecified atom stereocenters. The molecule has 0 saturated carbocycles. The Morgan fingerprint density at radius 3 is 2.93 bits per heavy atom. The normalized spacial score (nSPS) is 16.4. The van der Waals surface area contributed by atoms with Gasteiger partial charge < -0.3 is 20.3 Å². The first-order valence-electron chi connectivity index (χ1n) is 9.20. The first-order chi connectivity index (χ1) is 13.5. The van der Waals surface area contributed by atoms with Crippen molar-refractivity contribution in [1.29, 1.82) is 0 Å². The maximum absolute atomic E-state index is 13.1. The van der Waals surface area contributed by atoms with Crippen molar-refractivity contribution in [1.82, 2.24) is 10.2 Å². The van der Waals surface area contributed by atoms with Crippen molar-refractivity contribution in [2.24, 2.45) is 5.92 Å². The number of benzene rings is 1. The van der Waals surface area contributed by atoms with E-state index in [1.54, 1.807) is 6.07 Å². The second-order valence-electron chi connectivity index (χ2n) is 6.57. The molecule has 1 aromatic rings. The SMILES string of the molecule is COC(=O)CSCCC(=O)N1CCCC(CNC(=O)Nc2cccc(F)c2)C1. The highest BCUT2D eigenvalue weighted by Gasteiger charge is 2.23. The van der Waals surface area contributed by atoms with Crippen LogP contribution in [-0.2, 0) is 14.3 Å². The minimum Gasteiger partial charge on any atom is -0.468 e. The molecule has 1 aliphatic rings. The van der Waals surface area contributed by atoms with Gasteiger partial charge in [0.15, 0.2) is 0 Å². The molecular weight excluding hydrogens is 385 g/mol. The molecule has 0 radical (unpaired) electrons. The monoisotopic (exact) mass is 411 g/mol. The predicted octanol–water partition coefficient (Wildman–Crippen LogP) is 2.48. The summed E-state index contributed by atoms with van der Waals surface area (Å²) in [6, 6.07) is 5.30. The van der Waals surface area contributed by atoms with E-state index >= 15 is 0 Å². The molecular formula is C19H26FN3O4S. The molecule has 9 heteroatoms. The highest BCUT2D eigenvalue weighted by atomic mass is 32.2. The number of anilines is 1. The van der Waals surface area contributed by atoms with Crippen molar-refractivity contribution in [3.8, 4) is 0 Å². The maximum Gasteiger partial charge on any atom is 0.319 e. The average Bonchev–Trinajstić information content (AvgIpc) is 2.69. The summed E-state index contributed by atoms with van der Waals surface area (Å²) in [5.74, 6) is 0.354. The molecule has 0 bridgehead atoms. The van der Waals surface area contributed by atoms with Crippen LogP contribution in [0.2, 0.25) is 0 Å². The lowest BCUT2D eigenvalue weighted by Crippen LogP contribution is -2.44. The molecule has 1 heterocycles. The number of hydrogen-bond donors (Lipinski definition) is 2. The summed E-state index contributed by atoms with van der Waals surface area (Å²) in [7, 11) is 1.34. The third-order valence-electron chi connectivity index (χ3n) is 4.41. The van der Waals surface area contributed by atoms with Gasteiger partial charge in [-0.25, -0.2) is 9.18 Å². The van der Waals surface area contributed by atoms with Gasteiger partial charge in [0.25, 0.3) is 0 Å². The molecule has 1 aliphatic heterocycles. The summed E-state index contributed by atoms with van der Waals surface area (Å²) in [6.45, 7) is 1.76. The predicted molar refractivity (Wildman–Crippen MR) is 107 cm³/mol. The summed E-state index contributed by atoms with van der Waals surface area (Å²) in [4.78, 5) is 37.2. The topological polar surface area (TPSA) is 87.7 Å². The van der Waals surface area contributed by atoms with Gasteiger partial charge in [0.05, 0.1) is 12.9 Å². The Bertz CT molecular complexity index is 689. The Balaban J connectivity index is 1.68. The van der Waals surface area contributed by atoms with E-state index in [2.05, 4.69) is 15.4 Å². The number of hydrogen-bond acceptors (Lipinski definition) is 5. The third-order valence-corrected chi connectivity index (χ3v) is 5.35. The number of esters is 1. The van der Waals surface area contributed by atoms with E-state index in [9.17, 15) is 18.8 Å². The van der Waals surface area contributed by atoms with E-state index in [0.29, 0.717) is 37.5 Å². The minimum absolute atomic E-state index is 0.0614. The van der Waals surface area contributed by atoms with Crippen LogP contribution in [0.5, 0.6) is 0 Å². The number of thioether (sulfide) groups is 1. The number of amides is 3. The maximum atomic E-state index is 13.1. The van der Waals surface area contributed by atoms with E-state index in [1.807, 2.05) is 4.90 Å². The quantitative estimate of drug-likeness (QED) is 0.507. The number of urea groups is 1. The first-order valence-corrected chi connectivity index (χ1v) is 10.4. The molecule has 1 aromatic carbocycles. The molecule has 1 saturated heterocycles. The van der Waals surface area contributed by atoms with Gasteiger partial charge in [0.1, 0.15) is 5.82 Å². The van der Waals surface area contributed by atoms with Gasteiger partial charge in [0.2, 0.25) is 5.91 Å². The zero-order valence-corrected chi connectivity index (χ0v) is 16.7. The number of nitrogens with zero attached hydrogens (tertiary/aromatic N) is 1. The van der Waals surface area contributed by atoms with Crippen LogP contribution in [0.3, 0.4) is 0 Å². The first kappa shape index (κ1) is 22.0.